The average molecular weight is 324 g/mol. The van der Waals surface area contributed by atoms with Gasteiger partial charge in [-0.25, -0.2) is 15.0 Å². The van der Waals surface area contributed by atoms with Crippen molar-refractivity contribution in [3.8, 4) is 17.0 Å². The summed E-state index contributed by atoms with van der Waals surface area (Å²) < 4.78 is 13.6. The van der Waals surface area contributed by atoms with Gasteiger partial charge in [-0.3, -0.25) is 4.57 Å². The molecule has 0 spiro atoms. The topological polar surface area (TPSA) is 62.1 Å². The van der Waals surface area contributed by atoms with Crippen LogP contribution < -0.4 is 4.74 Å². The normalized spacial score (nSPS) is 20.6. The van der Waals surface area contributed by atoms with Crippen LogP contribution in [0.15, 0.2) is 36.9 Å². The van der Waals surface area contributed by atoms with Crippen molar-refractivity contribution in [3.63, 3.8) is 0 Å². The highest BCUT2D eigenvalue weighted by atomic mass is 16.5. The van der Waals surface area contributed by atoms with E-state index in [9.17, 15) is 0 Å². The molecule has 3 aromatic rings. The van der Waals surface area contributed by atoms with Crippen LogP contribution >= 0.6 is 0 Å². The molecule has 124 valence electrons. The van der Waals surface area contributed by atoms with E-state index in [1.165, 1.54) is 0 Å². The van der Waals surface area contributed by atoms with E-state index in [4.69, 9.17) is 9.47 Å². The van der Waals surface area contributed by atoms with Crippen LogP contribution in [0.2, 0.25) is 0 Å². The summed E-state index contributed by atoms with van der Waals surface area (Å²) >= 11 is 0. The molecule has 2 unspecified atom stereocenters. The molecule has 0 radical (unpaired) electrons. The van der Waals surface area contributed by atoms with Gasteiger partial charge < -0.3 is 9.47 Å². The molecule has 1 fully saturated rings. The van der Waals surface area contributed by atoms with E-state index in [-0.39, 0.29) is 12.3 Å². The lowest BCUT2D eigenvalue weighted by atomic mass is 10.1. The fourth-order valence-electron chi connectivity index (χ4n) is 3.16. The van der Waals surface area contributed by atoms with Gasteiger partial charge in [-0.2, -0.15) is 0 Å². The van der Waals surface area contributed by atoms with Crippen LogP contribution in [0.25, 0.3) is 22.4 Å². The van der Waals surface area contributed by atoms with Gasteiger partial charge in [0, 0.05) is 5.56 Å². The summed E-state index contributed by atoms with van der Waals surface area (Å²) in [7, 11) is 0. The van der Waals surface area contributed by atoms with Crippen LogP contribution in [-0.4, -0.2) is 32.2 Å². The largest absolute Gasteiger partial charge is 0.494 e. The van der Waals surface area contributed by atoms with Gasteiger partial charge in [0.2, 0.25) is 0 Å². The first-order chi connectivity index (χ1) is 11.8. The molecule has 0 aliphatic carbocycles. The highest BCUT2D eigenvalue weighted by Gasteiger charge is 2.25. The fourth-order valence-corrected chi connectivity index (χ4v) is 3.16. The zero-order valence-electron chi connectivity index (χ0n) is 13.8. The number of fused-ring (bicyclic) bond motifs is 1. The quantitative estimate of drug-likeness (QED) is 0.734. The first-order valence-corrected chi connectivity index (χ1v) is 8.32. The maximum Gasteiger partial charge on any atom is 0.165 e. The minimum absolute atomic E-state index is 0.00232. The molecule has 3 heterocycles. The molecule has 2 aromatic heterocycles. The number of rotatable bonds is 4. The third-order valence-electron chi connectivity index (χ3n) is 4.30. The predicted octanol–water partition coefficient (Wildman–Crippen LogP) is 3.59. The Hall–Kier alpha value is -2.47. The molecule has 0 bridgehead atoms. The highest BCUT2D eigenvalue weighted by molar-refractivity contribution is 5.87. The summed E-state index contributed by atoms with van der Waals surface area (Å²) in [5, 5.41) is 0. The monoisotopic (exact) mass is 324 g/mol. The maximum atomic E-state index is 5.95. The number of aromatic nitrogens is 4. The number of nitrogens with zero attached hydrogens (tertiary/aromatic N) is 4. The van der Waals surface area contributed by atoms with E-state index in [0.29, 0.717) is 6.61 Å². The number of benzene rings is 1. The minimum atomic E-state index is 0.00232. The SMILES string of the molecule is CCOc1cccc(-c2ncnc3c2ncn3C2CCC(C)O2)c1. The van der Waals surface area contributed by atoms with Gasteiger partial charge in [0.25, 0.3) is 0 Å². The minimum Gasteiger partial charge on any atom is -0.494 e. The highest BCUT2D eigenvalue weighted by Crippen LogP contribution is 2.32. The van der Waals surface area contributed by atoms with Crippen molar-refractivity contribution >= 4 is 11.2 Å². The second kappa shape index (κ2) is 6.20. The van der Waals surface area contributed by atoms with E-state index < -0.39 is 0 Å². The van der Waals surface area contributed by atoms with Gasteiger partial charge in [0.15, 0.2) is 5.65 Å². The van der Waals surface area contributed by atoms with Gasteiger partial charge >= 0.3 is 0 Å². The predicted molar refractivity (Wildman–Crippen MR) is 90.7 cm³/mol. The Morgan fingerprint density at radius 2 is 2.17 bits per heavy atom. The third kappa shape index (κ3) is 2.63. The Balaban J connectivity index is 1.77. The van der Waals surface area contributed by atoms with Crippen LogP contribution in [0.1, 0.15) is 32.9 Å². The molecule has 1 aliphatic heterocycles. The first kappa shape index (κ1) is 15.1. The molecule has 0 saturated carbocycles. The van der Waals surface area contributed by atoms with Crippen molar-refractivity contribution in [3.05, 3.63) is 36.9 Å². The van der Waals surface area contributed by atoms with E-state index in [2.05, 4.69) is 21.9 Å². The van der Waals surface area contributed by atoms with Gasteiger partial charge in [-0.15, -0.1) is 0 Å². The second-order valence-electron chi connectivity index (χ2n) is 5.99. The van der Waals surface area contributed by atoms with E-state index in [1.807, 2.05) is 35.8 Å². The molecule has 0 amide bonds. The lowest BCUT2D eigenvalue weighted by Crippen LogP contribution is -2.09. The van der Waals surface area contributed by atoms with Crippen LogP contribution in [-0.2, 0) is 4.74 Å². The van der Waals surface area contributed by atoms with E-state index >= 15 is 0 Å². The van der Waals surface area contributed by atoms with Gasteiger partial charge in [0.05, 0.1) is 19.0 Å². The molecule has 2 atom stereocenters. The van der Waals surface area contributed by atoms with Gasteiger partial charge in [-0.05, 0) is 38.8 Å². The van der Waals surface area contributed by atoms with Crippen LogP contribution in [0, 0.1) is 0 Å². The molecule has 1 aromatic carbocycles. The zero-order chi connectivity index (χ0) is 16.5. The van der Waals surface area contributed by atoms with Crippen LogP contribution in [0.5, 0.6) is 5.75 Å². The average Bonchev–Trinajstić information content (AvgIpc) is 3.21. The number of hydrogen-bond acceptors (Lipinski definition) is 5. The van der Waals surface area contributed by atoms with Gasteiger partial charge in [-0.1, -0.05) is 12.1 Å². The van der Waals surface area contributed by atoms with Crippen molar-refractivity contribution in [2.75, 3.05) is 6.61 Å². The Morgan fingerprint density at radius 1 is 1.25 bits per heavy atom. The van der Waals surface area contributed by atoms with E-state index in [0.717, 1.165) is 41.0 Å². The lowest BCUT2D eigenvalue weighted by molar-refractivity contribution is 0.0131. The van der Waals surface area contributed by atoms with Crippen LogP contribution in [0.4, 0.5) is 0 Å². The molecule has 0 N–H and O–H groups in total. The fraction of sp³-hybridized carbons (Fsp3) is 0.389. The molecular formula is C18H20N4O2. The molecule has 6 heteroatoms. The molecule has 1 aliphatic rings. The van der Waals surface area contributed by atoms with Crippen molar-refractivity contribution in [2.24, 2.45) is 0 Å². The summed E-state index contributed by atoms with van der Waals surface area (Å²) in [5.41, 5.74) is 3.38. The molecule has 4 rings (SSSR count). The Bertz CT molecular complexity index is 861. The summed E-state index contributed by atoms with van der Waals surface area (Å²) in [6, 6.07) is 7.90. The maximum absolute atomic E-state index is 5.95. The summed E-state index contributed by atoms with van der Waals surface area (Å²) in [6.07, 6.45) is 5.70. The Kier molecular flexibility index (Phi) is 3.90. The van der Waals surface area contributed by atoms with Crippen molar-refractivity contribution in [1.82, 2.24) is 19.5 Å². The molecular weight excluding hydrogens is 304 g/mol. The molecule has 1 saturated heterocycles. The summed E-state index contributed by atoms with van der Waals surface area (Å²) in [6.45, 7) is 4.70. The molecule has 6 nitrogen and oxygen atoms in total. The third-order valence-corrected chi connectivity index (χ3v) is 4.30. The van der Waals surface area contributed by atoms with Gasteiger partial charge in [0.1, 0.15) is 29.5 Å². The van der Waals surface area contributed by atoms with Crippen LogP contribution in [0.3, 0.4) is 0 Å². The van der Waals surface area contributed by atoms with Crippen molar-refractivity contribution in [1.29, 1.82) is 0 Å². The number of ether oxygens (including phenoxy) is 2. The van der Waals surface area contributed by atoms with E-state index in [1.54, 1.807) is 12.7 Å². The standard InChI is InChI=1S/C18H20N4O2/c1-3-23-14-6-4-5-13(9-14)16-17-18(20-10-19-16)22(11-21-17)15-8-7-12(2)24-15/h4-6,9-12,15H,3,7-8H2,1-2H3. The Labute approximate surface area is 140 Å². The second-order valence-corrected chi connectivity index (χ2v) is 5.99. The van der Waals surface area contributed by atoms with Crippen molar-refractivity contribution in [2.45, 2.75) is 39.0 Å². The Morgan fingerprint density at radius 3 is 2.96 bits per heavy atom. The van der Waals surface area contributed by atoms with Crippen molar-refractivity contribution < 1.29 is 9.47 Å². The lowest BCUT2D eigenvalue weighted by Gasteiger charge is -2.13. The molecule has 24 heavy (non-hydrogen) atoms. The number of imidazole rings is 1. The summed E-state index contributed by atoms with van der Waals surface area (Å²) in [4.78, 5) is 13.4. The number of hydrogen-bond donors (Lipinski definition) is 0. The smallest absolute Gasteiger partial charge is 0.165 e. The zero-order valence-corrected chi connectivity index (χ0v) is 13.8. The summed E-state index contributed by atoms with van der Waals surface area (Å²) in [5.74, 6) is 0.828. The first-order valence-electron chi connectivity index (χ1n) is 8.32.